The van der Waals surface area contributed by atoms with Gasteiger partial charge < -0.3 is 10.8 Å². The van der Waals surface area contributed by atoms with Crippen LogP contribution >= 0.6 is 0 Å². The van der Waals surface area contributed by atoms with E-state index in [0.717, 1.165) is 27.8 Å². The summed E-state index contributed by atoms with van der Waals surface area (Å²) in [5, 5.41) is 14.2. The lowest BCUT2D eigenvalue weighted by Gasteiger charge is -2.14. The van der Waals surface area contributed by atoms with E-state index in [2.05, 4.69) is 10.1 Å². The molecular weight excluding hydrogens is 280 g/mol. The van der Waals surface area contributed by atoms with Gasteiger partial charge in [-0.2, -0.15) is 5.10 Å². The number of pyridine rings is 1. The van der Waals surface area contributed by atoms with Crippen molar-refractivity contribution in [3.63, 3.8) is 0 Å². The predicted molar refractivity (Wildman–Crippen MR) is 83.6 cm³/mol. The van der Waals surface area contributed by atoms with Crippen molar-refractivity contribution in [2.45, 2.75) is 13.8 Å². The summed E-state index contributed by atoms with van der Waals surface area (Å²) in [4.78, 5) is 15.8. The lowest BCUT2D eigenvalue weighted by molar-refractivity contribution is 0.0996. The van der Waals surface area contributed by atoms with E-state index in [0.29, 0.717) is 5.52 Å². The van der Waals surface area contributed by atoms with Crippen LogP contribution in [0.5, 0.6) is 5.75 Å². The first-order valence-electron chi connectivity index (χ1n) is 6.82. The van der Waals surface area contributed by atoms with E-state index < -0.39 is 5.91 Å². The van der Waals surface area contributed by atoms with Gasteiger partial charge in [0.25, 0.3) is 5.91 Å². The van der Waals surface area contributed by atoms with Gasteiger partial charge in [0.2, 0.25) is 0 Å². The second-order valence-electron chi connectivity index (χ2n) is 5.32. The number of aryl methyl sites for hydroxylation is 2. The monoisotopic (exact) mass is 296 g/mol. The summed E-state index contributed by atoms with van der Waals surface area (Å²) >= 11 is 0. The van der Waals surface area contributed by atoms with E-state index in [9.17, 15) is 9.90 Å². The van der Waals surface area contributed by atoms with Crippen LogP contribution in [0.15, 0.2) is 24.4 Å². The van der Waals surface area contributed by atoms with Crippen molar-refractivity contribution in [3.05, 3.63) is 41.2 Å². The van der Waals surface area contributed by atoms with Gasteiger partial charge in [-0.25, -0.2) is 4.98 Å². The predicted octanol–water partition coefficient (Wildman–Crippen LogP) is 2.06. The number of amides is 1. The quantitative estimate of drug-likeness (QED) is 0.756. The molecule has 0 saturated carbocycles. The molecule has 0 aliphatic rings. The van der Waals surface area contributed by atoms with Crippen molar-refractivity contribution in [1.29, 1.82) is 0 Å². The zero-order chi connectivity index (χ0) is 16.0. The smallest absolute Gasteiger partial charge is 0.267 e. The van der Waals surface area contributed by atoms with Crippen molar-refractivity contribution in [3.8, 4) is 16.9 Å². The highest BCUT2D eigenvalue weighted by Gasteiger charge is 2.18. The van der Waals surface area contributed by atoms with E-state index in [-0.39, 0.29) is 11.4 Å². The number of rotatable bonds is 2. The average Bonchev–Trinajstić information content (AvgIpc) is 2.85. The standard InChI is InChI=1S/C16H16N4O2/c1-8-4-5-13(21)9(2)14(8)10-6-11(16(17)22)19-12-7-18-20(3)15(10)12/h4-7,21H,1-3H3,(H2,17,22). The maximum Gasteiger partial charge on any atom is 0.267 e. The minimum atomic E-state index is -0.595. The average molecular weight is 296 g/mol. The molecule has 3 N–H and O–H groups in total. The Labute approximate surface area is 127 Å². The maximum atomic E-state index is 11.6. The maximum absolute atomic E-state index is 11.6. The van der Waals surface area contributed by atoms with Crippen molar-refractivity contribution >= 4 is 16.9 Å². The number of nitrogens with two attached hydrogens (primary N) is 1. The van der Waals surface area contributed by atoms with Crippen LogP contribution < -0.4 is 5.73 Å². The topological polar surface area (TPSA) is 94.0 Å². The number of fused-ring (bicyclic) bond motifs is 1. The molecule has 0 aliphatic heterocycles. The van der Waals surface area contributed by atoms with Crippen LogP contribution in [0.2, 0.25) is 0 Å². The van der Waals surface area contributed by atoms with Gasteiger partial charge in [-0.1, -0.05) is 6.07 Å². The van der Waals surface area contributed by atoms with Gasteiger partial charge in [0.15, 0.2) is 0 Å². The van der Waals surface area contributed by atoms with Gasteiger partial charge in [-0.05, 0) is 42.7 Å². The number of nitrogens with zero attached hydrogens (tertiary/aromatic N) is 3. The highest BCUT2D eigenvalue weighted by atomic mass is 16.3. The number of aromatic hydroxyl groups is 1. The summed E-state index contributed by atoms with van der Waals surface area (Å²) in [5.41, 5.74) is 10.3. The van der Waals surface area contributed by atoms with Gasteiger partial charge in [-0.3, -0.25) is 9.48 Å². The van der Waals surface area contributed by atoms with Crippen LogP contribution in [-0.2, 0) is 7.05 Å². The van der Waals surface area contributed by atoms with Gasteiger partial charge in [0, 0.05) is 12.6 Å². The summed E-state index contributed by atoms with van der Waals surface area (Å²) in [6, 6.07) is 5.15. The Balaban J connectivity index is 2.47. The molecule has 0 spiro atoms. The molecule has 0 atom stereocenters. The third-order valence-corrected chi connectivity index (χ3v) is 3.86. The number of hydrogen-bond acceptors (Lipinski definition) is 4. The van der Waals surface area contributed by atoms with Crippen LogP contribution in [0, 0.1) is 13.8 Å². The van der Waals surface area contributed by atoms with E-state index in [1.807, 2.05) is 27.0 Å². The lowest BCUT2D eigenvalue weighted by Crippen LogP contribution is -2.13. The molecule has 3 aromatic rings. The number of benzene rings is 1. The van der Waals surface area contributed by atoms with Gasteiger partial charge in [0.05, 0.1) is 11.7 Å². The molecule has 0 saturated heterocycles. The first-order valence-corrected chi connectivity index (χ1v) is 6.82. The second kappa shape index (κ2) is 4.84. The Bertz CT molecular complexity index is 912. The normalized spacial score (nSPS) is 11.0. The number of hydrogen-bond donors (Lipinski definition) is 2. The Morgan fingerprint density at radius 3 is 2.73 bits per heavy atom. The zero-order valence-electron chi connectivity index (χ0n) is 12.6. The van der Waals surface area contributed by atoms with Crippen molar-refractivity contribution in [1.82, 2.24) is 14.8 Å². The number of phenolic OH excluding ortho intramolecular Hbond substituents is 1. The van der Waals surface area contributed by atoms with E-state index in [4.69, 9.17) is 5.73 Å². The van der Waals surface area contributed by atoms with Crippen molar-refractivity contribution in [2.24, 2.45) is 12.8 Å². The van der Waals surface area contributed by atoms with Crippen molar-refractivity contribution < 1.29 is 9.90 Å². The van der Waals surface area contributed by atoms with Crippen LogP contribution in [0.25, 0.3) is 22.2 Å². The number of primary amides is 1. The molecule has 0 radical (unpaired) electrons. The fraction of sp³-hybridized carbons (Fsp3) is 0.188. The Morgan fingerprint density at radius 1 is 1.32 bits per heavy atom. The molecule has 2 heterocycles. The first kappa shape index (κ1) is 14.1. The van der Waals surface area contributed by atoms with Crippen LogP contribution in [0.3, 0.4) is 0 Å². The number of carbonyl (C=O) groups excluding carboxylic acids is 1. The third-order valence-electron chi connectivity index (χ3n) is 3.86. The molecule has 22 heavy (non-hydrogen) atoms. The molecule has 112 valence electrons. The minimum absolute atomic E-state index is 0.178. The SMILES string of the molecule is Cc1ccc(O)c(C)c1-c1cc(C(N)=O)nc2cnn(C)c12. The molecule has 6 heteroatoms. The largest absolute Gasteiger partial charge is 0.508 e. The summed E-state index contributed by atoms with van der Waals surface area (Å²) in [7, 11) is 1.81. The fourth-order valence-corrected chi connectivity index (χ4v) is 2.75. The fourth-order valence-electron chi connectivity index (χ4n) is 2.75. The van der Waals surface area contributed by atoms with Crippen molar-refractivity contribution in [2.75, 3.05) is 0 Å². The summed E-state index contributed by atoms with van der Waals surface area (Å²) in [6.45, 7) is 3.79. The third kappa shape index (κ3) is 2.00. The summed E-state index contributed by atoms with van der Waals surface area (Å²) < 4.78 is 1.70. The van der Waals surface area contributed by atoms with Gasteiger partial charge in [0.1, 0.15) is 17.0 Å². The molecule has 0 bridgehead atoms. The number of aromatic nitrogens is 3. The minimum Gasteiger partial charge on any atom is -0.508 e. The molecule has 0 fully saturated rings. The van der Waals surface area contributed by atoms with Gasteiger partial charge >= 0.3 is 0 Å². The van der Waals surface area contributed by atoms with Crippen LogP contribution in [-0.4, -0.2) is 25.8 Å². The summed E-state index contributed by atoms with van der Waals surface area (Å²) in [6.07, 6.45) is 1.60. The molecule has 1 amide bonds. The van der Waals surface area contributed by atoms with Crippen LogP contribution in [0.1, 0.15) is 21.6 Å². The van der Waals surface area contributed by atoms with E-state index in [1.54, 1.807) is 23.0 Å². The Hall–Kier alpha value is -2.89. The number of carbonyl (C=O) groups is 1. The van der Waals surface area contributed by atoms with Crippen LogP contribution in [0.4, 0.5) is 0 Å². The van der Waals surface area contributed by atoms with E-state index >= 15 is 0 Å². The second-order valence-corrected chi connectivity index (χ2v) is 5.32. The molecule has 3 rings (SSSR count). The van der Waals surface area contributed by atoms with E-state index in [1.165, 1.54) is 0 Å². The molecule has 0 aliphatic carbocycles. The Kier molecular flexibility index (Phi) is 3.09. The molecule has 0 unspecified atom stereocenters. The number of phenols is 1. The molecule has 2 aromatic heterocycles. The summed E-state index contributed by atoms with van der Waals surface area (Å²) in [5.74, 6) is -0.393. The van der Waals surface area contributed by atoms with Gasteiger partial charge in [-0.15, -0.1) is 0 Å². The molecular formula is C16H16N4O2. The first-order chi connectivity index (χ1) is 10.4. The molecule has 6 nitrogen and oxygen atoms in total. The lowest BCUT2D eigenvalue weighted by atomic mass is 9.94. The highest BCUT2D eigenvalue weighted by Crippen LogP contribution is 2.36. The highest BCUT2D eigenvalue weighted by molar-refractivity contribution is 6.00. The Morgan fingerprint density at radius 2 is 2.05 bits per heavy atom. The molecule has 1 aromatic carbocycles. The zero-order valence-corrected chi connectivity index (χ0v) is 12.6.